The summed E-state index contributed by atoms with van der Waals surface area (Å²) in [5.74, 6) is 0.433. The van der Waals surface area contributed by atoms with Gasteiger partial charge in [0.1, 0.15) is 11.5 Å². The molecule has 0 aliphatic carbocycles. The fraction of sp³-hybridized carbons (Fsp3) is 0.143. The van der Waals surface area contributed by atoms with Gasteiger partial charge >= 0.3 is 5.97 Å². The number of ether oxygens (including phenoxy) is 2. The topological polar surface area (TPSA) is 74.4 Å². The van der Waals surface area contributed by atoms with E-state index in [4.69, 9.17) is 26.8 Å². The number of esters is 1. The number of halogens is 1. The third-order valence-corrected chi connectivity index (χ3v) is 2.64. The molecule has 104 valence electrons. The number of nitrogens with zero attached hydrogens (tertiary/aromatic N) is 1. The first kappa shape index (κ1) is 14.1. The molecule has 1 aromatic carbocycles. The Kier molecular flexibility index (Phi) is 4.42. The lowest BCUT2D eigenvalue weighted by Gasteiger charge is -2.09. The van der Waals surface area contributed by atoms with Crippen molar-refractivity contribution < 1.29 is 14.3 Å². The number of carbonyl (C=O) groups excluding carboxylic acids is 1. The van der Waals surface area contributed by atoms with E-state index in [0.29, 0.717) is 22.2 Å². The van der Waals surface area contributed by atoms with Crippen molar-refractivity contribution in [3.8, 4) is 11.5 Å². The molecule has 0 aliphatic heterocycles. The highest BCUT2D eigenvalue weighted by Gasteiger charge is 2.12. The summed E-state index contributed by atoms with van der Waals surface area (Å²) in [7, 11) is 0. The standard InChI is InChI=1S/C14H13ClN2O3/c1-2-19-14(18)12-6-10(3-4-13(12)16)20-11-5-9(15)7-17-8-11/h3-8H,2,16H2,1H3. The van der Waals surface area contributed by atoms with Gasteiger partial charge in [-0.05, 0) is 25.1 Å². The highest BCUT2D eigenvalue weighted by molar-refractivity contribution is 6.30. The maximum atomic E-state index is 11.7. The zero-order chi connectivity index (χ0) is 14.5. The Labute approximate surface area is 121 Å². The van der Waals surface area contributed by atoms with E-state index in [2.05, 4.69) is 4.98 Å². The summed E-state index contributed by atoms with van der Waals surface area (Å²) in [5.41, 5.74) is 6.34. The number of carbonyl (C=O) groups is 1. The summed E-state index contributed by atoms with van der Waals surface area (Å²) < 4.78 is 10.5. The quantitative estimate of drug-likeness (QED) is 0.691. The fourth-order valence-electron chi connectivity index (χ4n) is 1.57. The SMILES string of the molecule is CCOC(=O)c1cc(Oc2cncc(Cl)c2)ccc1N. The van der Waals surface area contributed by atoms with Crippen molar-refractivity contribution in [3.05, 3.63) is 47.2 Å². The van der Waals surface area contributed by atoms with Crippen LogP contribution in [0.3, 0.4) is 0 Å². The molecule has 0 atom stereocenters. The highest BCUT2D eigenvalue weighted by Crippen LogP contribution is 2.26. The van der Waals surface area contributed by atoms with Crippen molar-refractivity contribution in [1.29, 1.82) is 0 Å². The summed E-state index contributed by atoms with van der Waals surface area (Å²) in [4.78, 5) is 15.6. The zero-order valence-corrected chi connectivity index (χ0v) is 11.6. The lowest BCUT2D eigenvalue weighted by atomic mass is 10.1. The lowest BCUT2D eigenvalue weighted by molar-refractivity contribution is 0.0527. The average molecular weight is 293 g/mol. The minimum Gasteiger partial charge on any atom is -0.462 e. The summed E-state index contributed by atoms with van der Waals surface area (Å²) in [5, 5.41) is 0.462. The Hall–Kier alpha value is -2.27. The van der Waals surface area contributed by atoms with Gasteiger partial charge in [-0.15, -0.1) is 0 Å². The first-order valence-electron chi connectivity index (χ1n) is 5.95. The third-order valence-electron chi connectivity index (χ3n) is 2.44. The van der Waals surface area contributed by atoms with Gasteiger partial charge in [-0.3, -0.25) is 4.98 Å². The number of anilines is 1. The number of pyridine rings is 1. The summed E-state index contributed by atoms with van der Waals surface area (Å²) in [6.45, 7) is 2.01. The van der Waals surface area contributed by atoms with Gasteiger partial charge in [0, 0.05) is 18.0 Å². The number of rotatable bonds is 4. The van der Waals surface area contributed by atoms with E-state index >= 15 is 0 Å². The molecular formula is C14H13ClN2O3. The van der Waals surface area contributed by atoms with Gasteiger partial charge in [0.25, 0.3) is 0 Å². The molecule has 2 N–H and O–H groups in total. The van der Waals surface area contributed by atoms with Gasteiger partial charge in [-0.1, -0.05) is 11.6 Å². The molecule has 2 aromatic rings. The maximum Gasteiger partial charge on any atom is 0.340 e. The number of hydrogen-bond donors (Lipinski definition) is 1. The first-order chi connectivity index (χ1) is 9.60. The minimum absolute atomic E-state index is 0.263. The number of benzene rings is 1. The molecule has 0 bridgehead atoms. The molecule has 0 saturated heterocycles. The molecule has 5 nitrogen and oxygen atoms in total. The van der Waals surface area contributed by atoms with Crippen molar-refractivity contribution in [2.75, 3.05) is 12.3 Å². The number of hydrogen-bond acceptors (Lipinski definition) is 5. The van der Waals surface area contributed by atoms with Crippen LogP contribution < -0.4 is 10.5 Å². The number of aromatic nitrogens is 1. The van der Waals surface area contributed by atoms with E-state index in [0.717, 1.165) is 0 Å². The molecule has 1 heterocycles. The summed E-state index contributed by atoms with van der Waals surface area (Å²) in [6.07, 6.45) is 3.02. The molecule has 0 aliphatic rings. The summed E-state index contributed by atoms with van der Waals surface area (Å²) >= 11 is 5.82. The van der Waals surface area contributed by atoms with Crippen LogP contribution in [0.15, 0.2) is 36.7 Å². The van der Waals surface area contributed by atoms with Gasteiger partial charge in [0.05, 0.1) is 23.4 Å². The molecule has 0 unspecified atom stereocenters. The van der Waals surface area contributed by atoms with Crippen molar-refractivity contribution in [1.82, 2.24) is 4.98 Å². The van der Waals surface area contributed by atoms with Crippen LogP contribution in [0.25, 0.3) is 0 Å². The van der Waals surface area contributed by atoms with Crippen LogP contribution in [-0.2, 0) is 4.74 Å². The van der Waals surface area contributed by atoms with E-state index in [1.807, 2.05) is 0 Å². The predicted octanol–water partition coefficient (Wildman–Crippen LogP) is 3.29. The van der Waals surface area contributed by atoms with Crippen molar-refractivity contribution in [3.63, 3.8) is 0 Å². The Morgan fingerprint density at radius 2 is 2.10 bits per heavy atom. The molecule has 6 heteroatoms. The van der Waals surface area contributed by atoms with Crippen molar-refractivity contribution in [2.45, 2.75) is 6.92 Å². The van der Waals surface area contributed by atoms with Gasteiger partial charge in [0.2, 0.25) is 0 Å². The lowest BCUT2D eigenvalue weighted by Crippen LogP contribution is -2.08. The molecular weight excluding hydrogens is 280 g/mol. The molecule has 0 saturated carbocycles. The molecule has 0 amide bonds. The molecule has 0 fully saturated rings. The van der Waals surface area contributed by atoms with Crippen LogP contribution in [0.5, 0.6) is 11.5 Å². The third kappa shape index (κ3) is 3.39. The molecule has 20 heavy (non-hydrogen) atoms. The van der Waals surface area contributed by atoms with Crippen LogP contribution in [0.2, 0.25) is 5.02 Å². The Bertz CT molecular complexity index is 632. The summed E-state index contributed by atoms with van der Waals surface area (Å²) in [6, 6.07) is 6.38. The van der Waals surface area contributed by atoms with Crippen molar-refractivity contribution in [2.24, 2.45) is 0 Å². The van der Waals surface area contributed by atoms with Crippen LogP contribution in [-0.4, -0.2) is 17.6 Å². The molecule has 1 aromatic heterocycles. The van der Waals surface area contributed by atoms with Crippen LogP contribution in [0, 0.1) is 0 Å². The average Bonchev–Trinajstić information content (AvgIpc) is 2.41. The van der Waals surface area contributed by atoms with E-state index in [-0.39, 0.29) is 12.2 Å². The predicted molar refractivity (Wildman–Crippen MR) is 76.1 cm³/mol. The molecule has 0 radical (unpaired) electrons. The number of nitrogen functional groups attached to an aromatic ring is 1. The monoisotopic (exact) mass is 292 g/mol. The second kappa shape index (κ2) is 6.25. The number of nitrogens with two attached hydrogens (primary N) is 1. The minimum atomic E-state index is -0.486. The Balaban J connectivity index is 2.25. The second-order valence-electron chi connectivity index (χ2n) is 3.91. The Morgan fingerprint density at radius 3 is 2.80 bits per heavy atom. The zero-order valence-electron chi connectivity index (χ0n) is 10.8. The van der Waals surface area contributed by atoms with Gasteiger partial charge in [0.15, 0.2) is 0 Å². The maximum absolute atomic E-state index is 11.7. The fourth-order valence-corrected chi connectivity index (χ4v) is 1.73. The van der Waals surface area contributed by atoms with E-state index < -0.39 is 5.97 Å². The van der Waals surface area contributed by atoms with E-state index in [9.17, 15) is 4.79 Å². The van der Waals surface area contributed by atoms with Gasteiger partial charge in [-0.2, -0.15) is 0 Å². The molecule has 2 rings (SSSR count). The Morgan fingerprint density at radius 1 is 1.30 bits per heavy atom. The molecule has 0 spiro atoms. The van der Waals surface area contributed by atoms with Crippen molar-refractivity contribution >= 4 is 23.3 Å². The van der Waals surface area contributed by atoms with Gasteiger partial charge < -0.3 is 15.2 Å². The van der Waals surface area contributed by atoms with Gasteiger partial charge in [-0.25, -0.2) is 4.79 Å². The normalized spacial score (nSPS) is 10.1. The van der Waals surface area contributed by atoms with E-state index in [1.165, 1.54) is 18.5 Å². The highest BCUT2D eigenvalue weighted by atomic mass is 35.5. The largest absolute Gasteiger partial charge is 0.462 e. The van der Waals surface area contributed by atoms with Crippen LogP contribution >= 0.6 is 11.6 Å². The smallest absolute Gasteiger partial charge is 0.340 e. The second-order valence-corrected chi connectivity index (χ2v) is 4.35. The van der Waals surface area contributed by atoms with E-state index in [1.54, 1.807) is 25.1 Å². The van der Waals surface area contributed by atoms with Crippen LogP contribution in [0.1, 0.15) is 17.3 Å². The van der Waals surface area contributed by atoms with Crippen LogP contribution in [0.4, 0.5) is 5.69 Å². The first-order valence-corrected chi connectivity index (χ1v) is 6.33.